The fourth-order valence-corrected chi connectivity index (χ4v) is 4.06. The maximum atomic E-state index is 13.3. The van der Waals surface area contributed by atoms with Crippen LogP contribution < -0.4 is 10.6 Å². The van der Waals surface area contributed by atoms with Crippen LogP contribution in [0.25, 0.3) is 11.3 Å². The molecule has 1 aromatic heterocycles. The topological polar surface area (TPSA) is 53.1 Å². The molecule has 2 aromatic carbocycles. The lowest BCUT2D eigenvalue weighted by Crippen LogP contribution is -2.53. The zero-order chi connectivity index (χ0) is 22.5. The average Bonchev–Trinajstić information content (AvgIpc) is 2.76. The van der Waals surface area contributed by atoms with Crippen LogP contribution >= 0.6 is 0 Å². The molecule has 0 radical (unpaired) electrons. The van der Waals surface area contributed by atoms with Gasteiger partial charge in [-0.05, 0) is 55.7 Å². The molecule has 1 aliphatic heterocycles. The van der Waals surface area contributed by atoms with Gasteiger partial charge in [0.05, 0.1) is 5.69 Å². The van der Waals surface area contributed by atoms with E-state index in [0.717, 1.165) is 37.0 Å². The third kappa shape index (κ3) is 5.87. The fraction of sp³-hybridized carbons (Fsp3) is 0.360. The monoisotopic (exact) mass is 437 g/mol. The van der Waals surface area contributed by atoms with Gasteiger partial charge in [0.1, 0.15) is 11.6 Å². The lowest BCUT2D eigenvalue weighted by molar-refractivity contribution is 0.139. The number of benzene rings is 2. The van der Waals surface area contributed by atoms with E-state index in [-0.39, 0.29) is 0 Å². The molecule has 4 rings (SSSR count). The Bertz CT molecular complexity index is 1040. The van der Waals surface area contributed by atoms with Crippen LogP contribution in [0.5, 0.6) is 0 Å². The van der Waals surface area contributed by atoms with Crippen molar-refractivity contribution in [3.05, 3.63) is 77.5 Å². The minimum atomic E-state index is -0.567. The zero-order valence-corrected chi connectivity index (χ0v) is 18.5. The predicted octanol–water partition coefficient (Wildman–Crippen LogP) is 4.26. The van der Waals surface area contributed by atoms with E-state index in [1.807, 2.05) is 6.07 Å². The first-order valence-electron chi connectivity index (χ1n) is 11.0. The van der Waals surface area contributed by atoms with Crippen LogP contribution in [0.15, 0.2) is 54.7 Å². The molecule has 0 amide bonds. The molecule has 0 bridgehead atoms. The predicted molar refractivity (Wildman–Crippen MR) is 123 cm³/mol. The van der Waals surface area contributed by atoms with E-state index in [1.165, 1.54) is 17.7 Å². The second kappa shape index (κ2) is 10.1. The summed E-state index contributed by atoms with van der Waals surface area (Å²) >= 11 is 0. The third-order valence-electron chi connectivity index (χ3n) is 5.78. The van der Waals surface area contributed by atoms with Crippen molar-refractivity contribution in [1.82, 2.24) is 20.2 Å². The van der Waals surface area contributed by atoms with E-state index in [9.17, 15) is 8.78 Å². The van der Waals surface area contributed by atoms with Gasteiger partial charge in [0.2, 0.25) is 5.95 Å². The number of aromatic nitrogens is 2. The third-order valence-corrected chi connectivity index (χ3v) is 5.78. The Morgan fingerprint density at radius 2 is 1.88 bits per heavy atom. The zero-order valence-electron chi connectivity index (χ0n) is 18.5. The molecule has 2 N–H and O–H groups in total. The van der Waals surface area contributed by atoms with Gasteiger partial charge in [-0.3, -0.25) is 4.90 Å². The van der Waals surface area contributed by atoms with Gasteiger partial charge in [-0.15, -0.1) is 0 Å². The lowest BCUT2D eigenvalue weighted by Gasteiger charge is -2.37. The number of nitrogens with one attached hydrogen (secondary N) is 2. The SMILES string of the molecule is C[C@@H]1CN(Cc2cccc(-c3ccnc(NCCc4cc(F)cc(F)c4)n3)c2)[C@@H](C)CN1. The van der Waals surface area contributed by atoms with Crippen molar-refractivity contribution >= 4 is 5.95 Å². The lowest BCUT2D eigenvalue weighted by atomic mass is 10.1. The molecule has 1 fully saturated rings. The quantitative estimate of drug-likeness (QED) is 0.579. The molecule has 3 aromatic rings. The van der Waals surface area contributed by atoms with Gasteiger partial charge in [0, 0.05) is 56.1 Å². The van der Waals surface area contributed by atoms with Crippen LogP contribution in [-0.4, -0.2) is 46.6 Å². The van der Waals surface area contributed by atoms with Crippen LogP contribution in [0.4, 0.5) is 14.7 Å². The second-order valence-corrected chi connectivity index (χ2v) is 8.51. The van der Waals surface area contributed by atoms with E-state index < -0.39 is 11.6 Å². The number of piperazine rings is 1. The van der Waals surface area contributed by atoms with Crippen LogP contribution in [0.1, 0.15) is 25.0 Å². The summed E-state index contributed by atoms with van der Waals surface area (Å²) in [5, 5.41) is 6.67. The Morgan fingerprint density at radius 1 is 1.06 bits per heavy atom. The van der Waals surface area contributed by atoms with Gasteiger partial charge >= 0.3 is 0 Å². The van der Waals surface area contributed by atoms with E-state index in [1.54, 1.807) is 6.20 Å². The Hall–Kier alpha value is -2.90. The summed E-state index contributed by atoms with van der Waals surface area (Å²) in [6.45, 7) is 7.89. The summed E-state index contributed by atoms with van der Waals surface area (Å²) in [4.78, 5) is 11.4. The highest BCUT2D eigenvalue weighted by atomic mass is 19.1. The van der Waals surface area contributed by atoms with Gasteiger partial charge in [-0.1, -0.05) is 18.2 Å². The molecule has 0 unspecified atom stereocenters. The molecular weight excluding hydrogens is 408 g/mol. The number of halogens is 2. The van der Waals surface area contributed by atoms with Crippen molar-refractivity contribution in [2.45, 2.75) is 38.9 Å². The molecule has 32 heavy (non-hydrogen) atoms. The number of anilines is 1. The molecule has 7 heteroatoms. The van der Waals surface area contributed by atoms with Gasteiger partial charge in [-0.25, -0.2) is 18.7 Å². The second-order valence-electron chi connectivity index (χ2n) is 8.51. The summed E-state index contributed by atoms with van der Waals surface area (Å²) in [6.07, 6.45) is 2.19. The number of hydrogen-bond donors (Lipinski definition) is 2. The Labute approximate surface area is 187 Å². The van der Waals surface area contributed by atoms with E-state index >= 15 is 0 Å². The molecule has 0 aliphatic carbocycles. The highest BCUT2D eigenvalue weighted by Crippen LogP contribution is 2.21. The average molecular weight is 438 g/mol. The highest BCUT2D eigenvalue weighted by molar-refractivity contribution is 5.61. The van der Waals surface area contributed by atoms with Crippen LogP contribution in [-0.2, 0) is 13.0 Å². The molecule has 1 saturated heterocycles. The molecule has 0 saturated carbocycles. The minimum absolute atomic E-state index is 0.471. The van der Waals surface area contributed by atoms with Crippen molar-refractivity contribution in [3.8, 4) is 11.3 Å². The van der Waals surface area contributed by atoms with E-state index in [2.05, 4.69) is 63.6 Å². The van der Waals surface area contributed by atoms with Gasteiger partial charge in [-0.2, -0.15) is 0 Å². The first-order chi connectivity index (χ1) is 15.5. The smallest absolute Gasteiger partial charge is 0.223 e. The minimum Gasteiger partial charge on any atom is -0.354 e. The maximum absolute atomic E-state index is 13.3. The fourth-order valence-electron chi connectivity index (χ4n) is 4.06. The first-order valence-corrected chi connectivity index (χ1v) is 11.0. The van der Waals surface area contributed by atoms with E-state index in [4.69, 9.17) is 0 Å². The van der Waals surface area contributed by atoms with Crippen molar-refractivity contribution in [1.29, 1.82) is 0 Å². The standard InChI is InChI=1S/C25H29F2N5/c1-17-15-32(18(2)14-30-17)16-20-4-3-5-21(10-20)24-7-9-29-25(31-24)28-8-6-19-11-22(26)13-23(27)12-19/h3-5,7,9-13,17-18,30H,6,8,14-16H2,1-2H3,(H,28,29,31)/t17-,18+/m1/s1. The van der Waals surface area contributed by atoms with E-state index in [0.29, 0.717) is 36.6 Å². The summed E-state index contributed by atoms with van der Waals surface area (Å²) < 4.78 is 26.7. The highest BCUT2D eigenvalue weighted by Gasteiger charge is 2.22. The molecular formula is C25H29F2N5. The van der Waals surface area contributed by atoms with Gasteiger partial charge in [0.15, 0.2) is 0 Å². The Kier molecular flexibility index (Phi) is 7.07. The van der Waals surface area contributed by atoms with Crippen LogP contribution in [0, 0.1) is 11.6 Å². The van der Waals surface area contributed by atoms with Crippen molar-refractivity contribution in [3.63, 3.8) is 0 Å². The first kappa shape index (κ1) is 22.3. The summed E-state index contributed by atoms with van der Waals surface area (Å²) in [6, 6.07) is 14.9. The maximum Gasteiger partial charge on any atom is 0.223 e. The normalized spacial score (nSPS) is 19.1. The van der Waals surface area contributed by atoms with Crippen molar-refractivity contribution < 1.29 is 8.78 Å². The Morgan fingerprint density at radius 3 is 2.69 bits per heavy atom. The number of nitrogens with zero attached hydrogens (tertiary/aromatic N) is 3. The summed E-state index contributed by atoms with van der Waals surface area (Å²) in [7, 11) is 0. The summed E-state index contributed by atoms with van der Waals surface area (Å²) in [5.41, 5.74) is 3.72. The molecule has 2 atom stereocenters. The molecule has 168 valence electrons. The largest absolute Gasteiger partial charge is 0.354 e. The van der Waals surface area contributed by atoms with Crippen molar-refractivity contribution in [2.75, 3.05) is 25.0 Å². The number of hydrogen-bond acceptors (Lipinski definition) is 5. The summed E-state index contributed by atoms with van der Waals surface area (Å²) in [5.74, 6) is -0.639. The molecule has 2 heterocycles. The Balaban J connectivity index is 1.41. The number of rotatable bonds is 7. The van der Waals surface area contributed by atoms with Crippen LogP contribution in [0.3, 0.4) is 0 Å². The van der Waals surface area contributed by atoms with Crippen molar-refractivity contribution in [2.24, 2.45) is 0 Å². The molecule has 5 nitrogen and oxygen atoms in total. The molecule has 0 spiro atoms. The van der Waals surface area contributed by atoms with Crippen LogP contribution in [0.2, 0.25) is 0 Å². The van der Waals surface area contributed by atoms with Gasteiger partial charge in [0.25, 0.3) is 0 Å². The van der Waals surface area contributed by atoms with Gasteiger partial charge < -0.3 is 10.6 Å². The molecule has 1 aliphatic rings.